The summed E-state index contributed by atoms with van der Waals surface area (Å²) < 4.78 is 5.17. The van der Waals surface area contributed by atoms with Crippen molar-refractivity contribution in [1.82, 2.24) is 0 Å². The molecule has 0 saturated heterocycles. The maximum atomic E-state index is 11.9. The molecule has 0 aliphatic rings. The smallest absolute Gasteiger partial charge is 0.315 e. The van der Waals surface area contributed by atoms with E-state index in [1.165, 1.54) is 0 Å². The van der Waals surface area contributed by atoms with E-state index in [2.05, 4.69) is 0 Å². The van der Waals surface area contributed by atoms with Gasteiger partial charge in [0.2, 0.25) is 0 Å². The Morgan fingerprint density at radius 3 is 2.38 bits per heavy atom. The Labute approximate surface area is 96.6 Å². The van der Waals surface area contributed by atoms with E-state index >= 15 is 0 Å². The number of hydrogen-bond acceptors (Lipinski definition) is 3. The minimum absolute atomic E-state index is 0.195. The van der Waals surface area contributed by atoms with Crippen LogP contribution in [0.3, 0.4) is 0 Å². The second-order valence-corrected chi connectivity index (χ2v) is 4.38. The first-order chi connectivity index (χ1) is 7.48. The van der Waals surface area contributed by atoms with Gasteiger partial charge in [0.15, 0.2) is 0 Å². The van der Waals surface area contributed by atoms with E-state index in [0.717, 1.165) is 12.0 Å². The van der Waals surface area contributed by atoms with Gasteiger partial charge in [-0.1, -0.05) is 19.1 Å². The summed E-state index contributed by atoms with van der Waals surface area (Å²) in [4.78, 5) is 11.9. The first-order valence-electron chi connectivity index (χ1n) is 5.51. The zero-order valence-corrected chi connectivity index (χ0v) is 10.1. The summed E-state index contributed by atoms with van der Waals surface area (Å²) in [6, 6.07) is 7.32. The number of rotatable bonds is 4. The molecule has 0 aliphatic carbocycles. The highest BCUT2D eigenvalue weighted by molar-refractivity contribution is 5.82. The van der Waals surface area contributed by atoms with Crippen molar-refractivity contribution in [3.05, 3.63) is 29.8 Å². The van der Waals surface area contributed by atoms with Gasteiger partial charge in [-0.25, -0.2) is 0 Å². The fraction of sp³-hybridized carbons (Fsp3) is 0.462. The van der Waals surface area contributed by atoms with Crippen molar-refractivity contribution in [3.8, 4) is 0 Å². The molecule has 0 bridgehead atoms. The Balaban J connectivity index is 2.83. The number of anilines is 1. The summed E-state index contributed by atoms with van der Waals surface area (Å²) in [5.41, 5.74) is 6.60. The third-order valence-electron chi connectivity index (χ3n) is 2.58. The molecule has 3 heteroatoms. The normalized spacial score (nSPS) is 11.2. The van der Waals surface area contributed by atoms with E-state index in [4.69, 9.17) is 10.5 Å². The molecule has 1 aromatic rings. The van der Waals surface area contributed by atoms with E-state index in [0.29, 0.717) is 12.3 Å². The number of hydrogen-bond donors (Lipinski definition) is 1. The molecule has 88 valence electrons. The Bertz CT molecular complexity index is 355. The van der Waals surface area contributed by atoms with E-state index in [9.17, 15) is 4.79 Å². The van der Waals surface area contributed by atoms with Gasteiger partial charge in [-0.2, -0.15) is 0 Å². The maximum Gasteiger partial charge on any atom is 0.315 e. The molecule has 0 fully saturated rings. The minimum atomic E-state index is -0.622. The highest BCUT2D eigenvalue weighted by atomic mass is 16.5. The van der Waals surface area contributed by atoms with Gasteiger partial charge < -0.3 is 10.5 Å². The van der Waals surface area contributed by atoms with Crippen LogP contribution < -0.4 is 5.73 Å². The van der Waals surface area contributed by atoms with Crippen molar-refractivity contribution in [2.45, 2.75) is 32.6 Å². The molecule has 0 spiro atoms. The van der Waals surface area contributed by atoms with E-state index < -0.39 is 5.41 Å². The van der Waals surface area contributed by atoms with Crippen LogP contribution in [0.15, 0.2) is 24.3 Å². The van der Waals surface area contributed by atoms with E-state index in [-0.39, 0.29) is 5.97 Å². The first-order valence-corrected chi connectivity index (χ1v) is 5.51. The molecule has 1 aromatic carbocycles. The van der Waals surface area contributed by atoms with Crippen LogP contribution in [0.2, 0.25) is 0 Å². The zero-order chi connectivity index (χ0) is 12.2. The molecule has 0 saturated carbocycles. The number of nitrogens with two attached hydrogens (primary N) is 1. The zero-order valence-electron chi connectivity index (χ0n) is 10.1. The van der Waals surface area contributed by atoms with Crippen LogP contribution in [0.4, 0.5) is 5.69 Å². The highest BCUT2D eigenvalue weighted by Gasteiger charge is 2.31. The Kier molecular flexibility index (Phi) is 3.93. The van der Waals surface area contributed by atoms with Gasteiger partial charge in [-0.05, 0) is 38.0 Å². The molecular weight excluding hydrogens is 202 g/mol. The summed E-state index contributed by atoms with van der Waals surface area (Å²) in [5, 5.41) is 0. The summed E-state index contributed by atoms with van der Waals surface area (Å²) >= 11 is 0. The summed E-state index contributed by atoms with van der Waals surface area (Å²) in [6.45, 7) is 6.16. The van der Waals surface area contributed by atoms with E-state index in [1.54, 1.807) is 12.1 Å². The second kappa shape index (κ2) is 5.01. The third kappa shape index (κ3) is 2.75. The van der Waals surface area contributed by atoms with Crippen molar-refractivity contribution >= 4 is 11.7 Å². The predicted octanol–water partition coefficient (Wildman–Crippen LogP) is 2.50. The van der Waals surface area contributed by atoms with Crippen LogP contribution in [0.1, 0.15) is 32.8 Å². The van der Waals surface area contributed by atoms with Crippen molar-refractivity contribution < 1.29 is 9.53 Å². The molecule has 2 N–H and O–H groups in total. The van der Waals surface area contributed by atoms with Crippen LogP contribution in [0, 0.1) is 0 Å². The number of benzene rings is 1. The SMILES string of the molecule is CCCOC(=O)C(C)(C)c1ccc(N)cc1. The average Bonchev–Trinajstić information content (AvgIpc) is 2.26. The van der Waals surface area contributed by atoms with E-state index in [1.807, 2.05) is 32.9 Å². The van der Waals surface area contributed by atoms with Crippen LogP contribution in [0.25, 0.3) is 0 Å². The number of carbonyl (C=O) groups is 1. The predicted molar refractivity (Wildman–Crippen MR) is 65.1 cm³/mol. The summed E-state index contributed by atoms with van der Waals surface area (Å²) in [6.07, 6.45) is 0.837. The molecule has 0 unspecified atom stereocenters. The summed E-state index contributed by atoms with van der Waals surface area (Å²) in [5.74, 6) is -0.195. The second-order valence-electron chi connectivity index (χ2n) is 4.38. The van der Waals surface area contributed by atoms with Crippen LogP contribution >= 0.6 is 0 Å². The molecule has 3 nitrogen and oxygen atoms in total. The van der Waals surface area contributed by atoms with Gasteiger partial charge in [-0.15, -0.1) is 0 Å². The van der Waals surface area contributed by atoms with Gasteiger partial charge in [0, 0.05) is 5.69 Å². The lowest BCUT2D eigenvalue weighted by Crippen LogP contribution is -2.31. The van der Waals surface area contributed by atoms with Crippen LogP contribution in [-0.4, -0.2) is 12.6 Å². The maximum absolute atomic E-state index is 11.9. The number of ether oxygens (including phenoxy) is 1. The topological polar surface area (TPSA) is 52.3 Å². The lowest BCUT2D eigenvalue weighted by molar-refractivity contribution is -0.149. The Morgan fingerprint density at radius 2 is 1.88 bits per heavy atom. The average molecular weight is 221 g/mol. The largest absolute Gasteiger partial charge is 0.465 e. The summed E-state index contributed by atoms with van der Waals surface area (Å²) in [7, 11) is 0. The van der Waals surface area contributed by atoms with Gasteiger partial charge in [0.25, 0.3) is 0 Å². The fourth-order valence-corrected chi connectivity index (χ4v) is 1.39. The van der Waals surface area contributed by atoms with Crippen molar-refractivity contribution in [1.29, 1.82) is 0 Å². The third-order valence-corrected chi connectivity index (χ3v) is 2.58. The lowest BCUT2D eigenvalue weighted by atomic mass is 9.85. The number of carbonyl (C=O) groups excluding carboxylic acids is 1. The standard InChI is InChI=1S/C13H19NO2/c1-4-9-16-12(15)13(2,3)10-5-7-11(14)8-6-10/h5-8H,4,9,14H2,1-3H3. The van der Waals surface area contributed by atoms with Crippen molar-refractivity contribution in [2.75, 3.05) is 12.3 Å². The van der Waals surface area contributed by atoms with Crippen LogP contribution in [0.5, 0.6) is 0 Å². The molecule has 0 amide bonds. The molecule has 0 heterocycles. The molecule has 0 atom stereocenters. The Morgan fingerprint density at radius 1 is 1.31 bits per heavy atom. The fourth-order valence-electron chi connectivity index (χ4n) is 1.39. The number of nitrogen functional groups attached to an aromatic ring is 1. The number of esters is 1. The van der Waals surface area contributed by atoms with Crippen molar-refractivity contribution in [2.24, 2.45) is 0 Å². The highest BCUT2D eigenvalue weighted by Crippen LogP contribution is 2.25. The molecular formula is C13H19NO2. The van der Waals surface area contributed by atoms with Crippen molar-refractivity contribution in [3.63, 3.8) is 0 Å². The monoisotopic (exact) mass is 221 g/mol. The molecule has 1 rings (SSSR count). The van der Waals surface area contributed by atoms with Gasteiger partial charge in [-0.3, -0.25) is 4.79 Å². The molecule has 0 aliphatic heterocycles. The van der Waals surface area contributed by atoms with Gasteiger partial charge >= 0.3 is 5.97 Å². The quantitative estimate of drug-likeness (QED) is 0.627. The van der Waals surface area contributed by atoms with Gasteiger partial charge in [0.05, 0.1) is 12.0 Å². The molecule has 16 heavy (non-hydrogen) atoms. The minimum Gasteiger partial charge on any atom is -0.465 e. The molecule has 0 radical (unpaired) electrons. The molecule has 0 aromatic heterocycles. The van der Waals surface area contributed by atoms with Gasteiger partial charge in [0.1, 0.15) is 0 Å². The lowest BCUT2D eigenvalue weighted by Gasteiger charge is -2.23. The van der Waals surface area contributed by atoms with Crippen LogP contribution in [-0.2, 0) is 14.9 Å². The first kappa shape index (κ1) is 12.6. The Hall–Kier alpha value is -1.51.